The molecule has 1 aromatic rings. The Balaban J connectivity index is 3.03. The molecule has 0 aromatic heterocycles. The molecule has 0 atom stereocenters. The standard InChI is InChI=1S/C12H14N2O5S/c1-3-4-5-8-13-20(17,18)10-6-7-12(19-2)11(9-10)14(15)16/h6-7,9,13H,5,8H2,1-2H3. The van der Waals surface area contributed by atoms with Gasteiger partial charge in [0.2, 0.25) is 10.0 Å². The molecule has 20 heavy (non-hydrogen) atoms. The molecule has 0 spiro atoms. The van der Waals surface area contributed by atoms with Crippen molar-refractivity contribution in [2.75, 3.05) is 13.7 Å². The highest BCUT2D eigenvalue weighted by atomic mass is 32.2. The number of nitrogens with zero attached hydrogens (tertiary/aromatic N) is 1. The normalized spacial score (nSPS) is 10.5. The fourth-order valence-corrected chi connectivity index (χ4v) is 2.49. The quantitative estimate of drug-likeness (QED) is 0.369. The van der Waals surface area contributed by atoms with E-state index in [9.17, 15) is 18.5 Å². The molecule has 0 unspecified atom stereocenters. The van der Waals surface area contributed by atoms with Gasteiger partial charge in [-0.25, -0.2) is 13.1 Å². The Morgan fingerprint density at radius 2 is 2.15 bits per heavy atom. The van der Waals surface area contributed by atoms with Crippen LogP contribution in [0.5, 0.6) is 5.75 Å². The smallest absolute Gasteiger partial charge is 0.312 e. The molecule has 8 heteroatoms. The van der Waals surface area contributed by atoms with Gasteiger partial charge in [-0.15, -0.1) is 11.8 Å². The third kappa shape index (κ3) is 3.94. The first-order chi connectivity index (χ1) is 9.42. The van der Waals surface area contributed by atoms with Crippen LogP contribution in [0.3, 0.4) is 0 Å². The number of nitrogens with one attached hydrogen (secondary N) is 1. The number of nitro benzene ring substituents is 1. The van der Waals surface area contributed by atoms with Gasteiger partial charge in [0.25, 0.3) is 0 Å². The lowest BCUT2D eigenvalue weighted by Crippen LogP contribution is -2.24. The first-order valence-corrected chi connectivity index (χ1v) is 7.12. The van der Waals surface area contributed by atoms with Crippen LogP contribution in [-0.4, -0.2) is 27.0 Å². The SMILES string of the molecule is CC#CCCNS(=O)(=O)c1ccc(OC)c([N+](=O)[O-])c1. The third-order valence-electron chi connectivity index (χ3n) is 2.38. The largest absolute Gasteiger partial charge is 0.490 e. The van der Waals surface area contributed by atoms with Crippen molar-refractivity contribution in [2.45, 2.75) is 18.2 Å². The second-order valence-corrected chi connectivity index (χ2v) is 5.43. The summed E-state index contributed by atoms with van der Waals surface area (Å²) in [4.78, 5) is 9.97. The van der Waals surface area contributed by atoms with E-state index in [-0.39, 0.29) is 17.2 Å². The molecule has 108 valence electrons. The van der Waals surface area contributed by atoms with Gasteiger partial charge in [-0.05, 0) is 19.1 Å². The summed E-state index contributed by atoms with van der Waals surface area (Å²) >= 11 is 0. The molecular weight excluding hydrogens is 284 g/mol. The van der Waals surface area contributed by atoms with E-state index >= 15 is 0 Å². The summed E-state index contributed by atoms with van der Waals surface area (Å²) in [6.45, 7) is 1.80. The van der Waals surface area contributed by atoms with Crippen LogP contribution in [0.1, 0.15) is 13.3 Å². The molecule has 0 saturated carbocycles. The molecule has 1 rings (SSSR count). The maximum absolute atomic E-state index is 11.9. The zero-order valence-corrected chi connectivity index (χ0v) is 11.9. The van der Waals surface area contributed by atoms with Crippen LogP contribution >= 0.6 is 0 Å². The monoisotopic (exact) mass is 298 g/mol. The van der Waals surface area contributed by atoms with Gasteiger partial charge in [-0.2, -0.15) is 0 Å². The highest BCUT2D eigenvalue weighted by molar-refractivity contribution is 7.89. The van der Waals surface area contributed by atoms with Gasteiger partial charge >= 0.3 is 5.69 Å². The molecule has 0 bridgehead atoms. The van der Waals surface area contributed by atoms with Gasteiger partial charge in [-0.3, -0.25) is 10.1 Å². The van der Waals surface area contributed by atoms with Crippen molar-refractivity contribution in [2.24, 2.45) is 0 Å². The molecule has 1 aromatic carbocycles. The summed E-state index contributed by atoms with van der Waals surface area (Å²) in [6, 6.07) is 3.46. The average molecular weight is 298 g/mol. The van der Waals surface area contributed by atoms with Crippen molar-refractivity contribution in [3.63, 3.8) is 0 Å². The van der Waals surface area contributed by atoms with Crippen molar-refractivity contribution in [3.8, 4) is 17.6 Å². The minimum absolute atomic E-state index is 0.00537. The Labute approximate surface area is 117 Å². The fraction of sp³-hybridized carbons (Fsp3) is 0.333. The van der Waals surface area contributed by atoms with Crippen LogP contribution in [0, 0.1) is 22.0 Å². The molecule has 0 aliphatic heterocycles. The molecule has 0 heterocycles. The number of nitro groups is 1. The maximum Gasteiger partial charge on any atom is 0.312 e. The van der Waals surface area contributed by atoms with Crippen LogP contribution in [-0.2, 0) is 10.0 Å². The van der Waals surface area contributed by atoms with E-state index in [1.54, 1.807) is 6.92 Å². The van der Waals surface area contributed by atoms with E-state index in [1.807, 2.05) is 0 Å². The second kappa shape index (κ2) is 6.88. The molecule has 0 radical (unpaired) electrons. The summed E-state index contributed by atoms with van der Waals surface area (Å²) in [7, 11) is -2.52. The Morgan fingerprint density at radius 3 is 2.70 bits per heavy atom. The van der Waals surface area contributed by atoms with Gasteiger partial charge in [0, 0.05) is 19.0 Å². The minimum atomic E-state index is -3.80. The number of ether oxygens (including phenoxy) is 1. The fourth-order valence-electron chi connectivity index (χ4n) is 1.44. The third-order valence-corrected chi connectivity index (χ3v) is 3.83. The van der Waals surface area contributed by atoms with E-state index in [1.165, 1.54) is 19.2 Å². The molecular formula is C12H14N2O5S. The Bertz CT molecular complexity index is 658. The lowest BCUT2D eigenvalue weighted by molar-refractivity contribution is -0.386. The van der Waals surface area contributed by atoms with Gasteiger partial charge in [0.05, 0.1) is 16.9 Å². The summed E-state index contributed by atoms with van der Waals surface area (Å²) < 4.78 is 31.0. The lowest BCUT2D eigenvalue weighted by Gasteiger charge is -2.07. The zero-order chi connectivity index (χ0) is 15.2. The first-order valence-electron chi connectivity index (χ1n) is 5.64. The predicted octanol–water partition coefficient (Wildman–Crippen LogP) is 1.30. The molecule has 0 fully saturated rings. The van der Waals surface area contributed by atoms with Crippen LogP contribution in [0.25, 0.3) is 0 Å². The highest BCUT2D eigenvalue weighted by Crippen LogP contribution is 2.29. The molecule has 1 N–H and O–H groups in total. The van der Waals surface area contributed by atoms with E-state index in [4.69, 9.17) is 4.74 Å². The number of hydrogen-bond donors (Lipinski definition) is 1. The first kappa shape index (κ1) is 15.9. The van der Waals surface area contributed by atoms with Gasteiger partial charge < -0.3 is 4.74 Å². The van der Waals surface area contributed by atoms with Crippen LogP contribution < -0.4 is 9.46 Å². The van der Waals surface area contributed by atoms with E-state index in [0.29, 0.717) is 6.42 Å². The average Bonchev–Trinajstić information content (AvgIpc) is 2.42. The molecule has 7 nitrogen and oxygen atoms in total. The van der Waals surface area contributed by atoms with Gasteiger partial charge in [-0.1, -0.05) is 0 Å². The number of sulfonamides is 1. The Kier molecular flexibility index (Phi) is 5.49. The number of benzene rings is 1. The summed E-state index contributed by atoms with van der Waals surface area (Å²) in [5.74, 6) is 5.36. The summed E-state index contributed by atoms with van der Waals surface area (Å²) in [5, 5.41) is 10.9. The van der Waals surface area contributed by atoms with Crippen LogP contribution in [0.4, 0.5) is 5.69 Å². The van der Waals surface area contributed by atoms with Gasteiger partial charge in [0.15, 0.2) is 5.75 Å². The molecule has 0 aliphatic carbocycles. The maximum atomic E-state index is 11.9. The minimum Gasteiger partial charge on any atom is -0.490 e. The van der Waals surface area contributed by atoms with Gasteiger partial charge in [0.1, 0.15) is 0 Å². The lowest BCUT2D eigenvalue weighted by atomic mass is 10.3. The topological polar surface area (TPSA) is 98.5 Å². The van der Waals surface area contributed by atoms with E-state index in [2.05, 4.69) is 16.6 Å². The molecule has 0 aliphatic rings. The van der Waals surface area contributed by atoms with Crippen molar-refractivity contribution >= 4 is 15.7 Å². The summed E-state index contributed by atoms with van der Waals surface area (Å²) in [5.41, 5.74) is -0.399. The highest BCUT2D eigenvalue weighted by Gasteiger charge is 2.21. The second-order valence-electron chi connectivity index (χ2n) is 3.67. The summed E-state index contributed by atoms with van der Waals surface area (Å²) in [6.07, 6.45) is 0.369. The Hall–Kier alpha value is -2.11. The van der Waals surface area contributed by atoms with Crippen LogP contribution in [0.15, 0.2) is 23.1 Å². The zero-order valence-electron chi connectivity index (χ0n) is 11.0. The number of hydrogen-bond acceptors (Lipinski definition) is 5. The van der Waals surface area contributed by atoms with Crippen molar-refractivity contribution in [1.82, 2.24) is 4.72 Å². The van der Waals surface area contributed by atoms with E-state index < -0.39 is 20.6 Å². The molecule has 0 amide bonds. The van der Waals surface area contributed by atoms with Crippen molar-refractivity contribution in [1.29, 1.82) is 0 Å². The predicted molar refractivity (Wildman–Crippen MR) is 72.9 cm³/mol. The van der Waals surface area contributed by atoms with Crippen molar-refractivity contribution in [3.05, 3.63) is 28.3 Å². The van der Waals surface area contributed by atoms with Crippen LogP contribution in [0.2, 0.25) is 0 Å². The van der Waals surface area contributed by atoms with Crippen molar-refractivity contribution < 1.29 is 18.1 Å². The number of rotatable bonds is 6. The number of methoxy groups -OCH3 is 1. The molecule has 0 saturated heterocycles. The Morgan fingerprint density at radius 1 is 1.45 bits per heavy atom. The van der Waals surface area contributed by atoms with E-state index in [0.717, 1.165) is 6.07 Å².